The number of hydrogen-bond acceptors (Lipinski definition) is 3. The van der Waals surface area contributed by atoms with E-state index in [1.165, 1.54) is 18.2 Å². The first-order valence-corrected chi connectivity index (χ1v) is 5.13. The second kappa shape index (κ2) is 5.59. The van der Waals surface area contributed by atoms with Crippen molar-refractivity contribution in [1.29, 1.82) is 5.41 Å². The second-order valence-electron chi connectivity index (χ2n) is 2.66. The number of carbonyl (C=O) groups excluding carboxylic acids is 1. The Kier molecular flexibility index (Phi) is 4.41. The minimum Gasteiger partial charge on any atom is -0.352 e. The van der Waals surface area contributed by atoms with Gasteiger partial charge in [-0.05, 0) is 46.9 Å². The molecule has 1 aromatic rings. The van der Waals surface area contributed by atoms with E-state index in [-0.39, 0.29) is 11.5 Å². The third-order valence-corrected chi connectivity index (χ3v) is 2.49. The third-order valence-electron chi connectivity index (χ3n) is 1.60. The van der Waals surface area contributed by atoms with Gasteiger partial charge in [-0.2, -0.15) is 0 Å². The number of halogens is 2. The van der Waals surface area contributed by atoms with Crippen molar-refractivity contribution in [3.8, 4) is 0 Å². The maximum Gasteiger partial charge on any atom is 0.166 e. The molecule has 0 atom stereocenters. The van der Waals surface area contributed by atoms with Gasteiger partial charge in [-0.1, -0.05) is 0 Å². The Bertz CT molecular complexity index is 418. The van der Waals surface area contributed by atoms with Crippen molar-refractivity contribution < 1.29 is 9.18 Å². The Labute approximate surface area is 100 Å². The molecule has 1 rings (SSSR count). The number of benzene rings is 1. The highest BCUT2D eigenvalue weighted by molar-refractivity contribution is 14.1. The largest absolute Gasteiger partial charge is 0.352 e. The fourth-order valence-electron chi connectivity index (χ4n) is 0.947. The summed E-state index contributed by atoms with van der Waals surface area (Å²) in [6.07, 6.45) is 2.93. The molecule has 0 saturated heterocycles. The Morgan fingerprint density at radius 2 is 2.27 bits per heavy atom. The van der Waals surface area contributed by atoms with Crippen LogP contribution in [0.2, 0.25) is 0 Å². The Balaban J connectivity index is 2.93. The van der Waals surface area contributed by atoms with E-state index in [0.29, 0.717) is 15.5 Å². The van der Waals surface area contributed by atoms with Gasteiger partial charge in [0.25, 0.3) is 0 Å². The maximum absolute atomic E-state index is 12.8. The standard InChI is InChI=1S/C10H8FIN2O/c11-7-1-2-10(9(12)5-7)14-8(6-15)3-4-13/h1-6,13-14H/b8-3-,13-4?. The fourth-order valence-corrected chi connectivity index (χ4v) is 1.56. The molecule has 15 heavy (non-hydrogen) atoms. The zero-order valence-electron chi connectivity index (χ0n) is 7.63. The van der Waals surface area contributed by atoms with Crippen LogP contribution in [-0.2, 0) is 4.79 Å². The van der Waals surface area contributed by atoms with E-state index < -0.39 is 0 Å². The molecular weight excluding hydrogens is 310 g/mol. The molecule has 0 bridgehead atoms. The van der Waals surface area contributed by atoms with Crippen LogP contribution in [0.25, 0.3) is 0 Å². The molecule has 2 N–H and O–H groups in total. The SMILES string of the molecule is N=C/C=C(/C=O)Nc1ccc(F)cc1I. The number of nitrogens with one attached hydrogen (secondary N) is 2. The van der Waals surface area contributed by atoms with Crippen LogP contribution < -0.4 is 5.32 Å². The molecule has 0 aliphatic rings. The zero-order valence-corrected chi connectivity index (χ0v) is 9.79. The lowest BCUT2D eigenvalue weighted by molar-refractivity contribution is -0.104. The Morgan fingerprint density at radius 3 is 2.80 bits per heavy atom. The first kappa shape index (κ1) is 11.8. The van der Waals surface area contributed by atoms with Gasteiger partial charge in [0.15, 0.2) is 6.29 Å². The smallest absolute Gasteiger partial charge is 0.166 e. The molecule has 1 aromatic carbocycles. The van der Waals surface area contributed by atoms with Gasteiger partial charge < -0.3 is 10.7 Å². The van der Waals surface area contributed by atoms with Crippen molar-refractivity contribution in [2.45, 2.75) is 0 Å². The average molecular weight is 318 g/mol. The van der Waals surface area contributed by atoms with Crippen molar-refractivity contribution in [3.05, 3.63) is 39.4 Å². The molecule has 0 unspecified atom stereocenters. The van der Waals surface area contributed by atoms with Crippen molar-refractivity contribution in [2.75, 3.05) is 5.32 Å². The van der Waals surface area contributed by atoms with Gasteiger partial charge in [0.1, 0.15) is 5.82 Å². The van der Waals surface area contributed by atoms with Gasteiger partial charge in [-0.15, -0.1) is 0 Å². The van der Waals surface area contributed by atoms with Gasteiger partial charge in [0, 0.05) is 9.78 Å². The molecule has 78 valence electrons. The lowest BCUT2D eigenvalue weighted by atomic mass is 10.3. The topological polar surface area (TPSA) is 53.0 Å². The van der Waals surface area contributed by atoms with Crippen LogP contribution in [0.5, 0.6) is 0 Å². The minimum absolute atomic E-state index is 0.259. The minimum atomic E-state index is -0.325. The summed E-state index contributed by atoms with van der Waals surface area (Å²) in [5.41, 5.74) is 0.895. The van der Waals surface area contributed by atoms with Crippen LogP contribution in [0.4, 0.5) is 10.1 Å². The molecular formula is C10H8FIN2O. The summed E-state index contributed by atoms with van der Waals surface area (Å²) in [5.74, 6) is -0.325. The highest BCUT2D eigenvalue weighted by Gasteiger charge is 2.02. The van der Waals surface area contributed by atoms with Crippen molar-refractivity contribution in [2.24, 2.45) is 0 Å². The fraction of sp³-hybridized carbons (Fsp3) is 0. The van der Waals surface area contributed by atoms with E-state index in [2.05, 4.69) is 5.32 Å². The number of aldehydes is 1. The van der Waals surface area contributed by atoms with Crippen LogP contribution in [0, 0.1) is 14.8 Å². The normalized spacial score (nSPS) is 10.9. The number of anilines is 1. The van der Waals surface area contributed by atoms with Gasteiger partial charge >= 0.3 is 0 Å². The number of allylic oxidation sites excluding steroid dienone is 2. The number of carbonyl (C=O) groups is 1. The first-order valence-electron chi connectivity index (χ1n) is 4.05. The molecule has 5 heteroatoms. The lowest BCUT2D eigenvalue weighted by Crippen LogP contribution is -2.02. The third kappa shape index (κ3) is 3.43. The van der Waals surface area contributed by atoms with E-state index >= 15 is 0 Å². The maximum atomic E-state index is 12.8. The van der Waals surface area contributed by atoms with E-state index in [0.717, 1.165) is 6.21 Å². The van der Waals surface area contributed by atoms with Crippen LogP contribution in [-0.4, -0.2) is 12.5 Å². The molecule has 0 amide bonds. The summed E-state index contributed by atoms with van der Waals surface area (Å²) in [6, 6.07) is 4.20. The summed E-state index contributed by atoms with van der Waals surface area (Å²) in [6.45, 7) is 0. The molecule has 0 aliphatic heterocycles. The van der Waals surface area contributed by atoms with E-state index in [9.17, 15) is 9.18 Å². The molecule has 0 fully saturated rings. The van der Waals surface area contributed by atoms with Crippen LogP contribution >= 0.6 is 22.6 Å². The van der Waals surface area contributed by atoms with Gasteiger partial charge in [0.05, 0.1) is 11.4 Å². The van der Waals surface area contributed by atoms with Crippen LogP contribution in [0.3, 0.4) is 0 Å². The lowest BCUT2D eigenvalue weighted by Gasteiger charge is -2.07. The van der Waals surface area contributed by atoms with Crippen molar-refractivity contribution in [1.82, 2.24) is 0 Å². The monoisotopic (exact) mass is 318 g/mol. The molecule has 0 aliphatic carbocycles. The van der Waals surface area contributed by atoms with Gasteiger partial charge in [-0.3, -0.25) is 4.79 Å². The second-order valence-corrected chi connectivity index (χ2v) is 3.82. The van der Waals surface area contributed by atoms with Crippen molar-refractivity contribution >= 4 is 40.8 Å². The molecule has 0 spiro atoms. The summed E-state index contributed by atoms with van der Waals surface area (Å²) in [5, 5.41) is 9.62. The molecule has 0 saturated carbocycles. The number of rotatable bonds is 4. The predicted molar refractivity (Wildman–Crippen MR) is 65.7 cm³/mol. The first-order chi connectivity index (χ1) is 7.17. The van der Waals surface area contributed by atoms with Crippen LogP contribution in [0.1, 0.15) is 0 Å². The number of hydrogen-bond donors (Lipinski definition) is 2. The Hall–Kier alpha value is -1.24. The van der Waals surface area contributed by atoms with Crippen LogP contribution in [0.15, 0.2) is 30.0 Å². The summed E-state index contributed by atoms with van der Waals surface area (Å²) in [4.78, 5) is 10.6. The highest BCUT2D eigenvalue weighted by Crippen LogP contribution is 2.19. The van der Waals surface area contributed by atoms with Crippen molar-refractivity contribution in [3.63, 3.8) is 0 Å². The van der Waals surface area contributed by atoms with E-state index in [1.54, 1.807) is 6.07 Å². The molecule has 0 heterocycles. The summed E-state index contributed by atoms with van der Waals surface area (Å²) < 4.78 is 13.4. The highest BCUT2D eigenvalue weighted by atomic mass is 127. The predicted octanol–water partition coefficient (Wildman–Crippen LogP) is 2.57. The van der Waals surface area contributed by atoms with Gasteiger partial charge in [-0.25, -0.2) is 4.39 Å². The Morgan fingerprint density at radius 1 is 1.53 bits per heavy atom. The molecule has 0 radical (unpaired) electrons. The molecule has 0 aromatic heterocycles. The quantitative estimate of drug-likeness (QED) is 0.388. The zero-order chi connectivity index (χ0) is 11.3. The molecule has 3 nitrogen and oxygen atoms in total. The summed E-state index contributed by atoms with van der Waals surface area (Å²) in [7, 11) is 0. The van der Waals surface area contributed by atoms with E-state index in [4.69, 9.17) is 5.41 Å². The summed E-state index contributed by atoms with van der Waals surface area (Å²) >= 11 is 1.96. The average Bonchev–Trinajstić information content (AvgIpc) is 2.21. The van der Waals surface area contributed by atoms with Gasteiger partial charge in [0.2, 0.25) is 0 Å². The van der Waals surface area contributed by atoms with E-state index in [1.807, 2.05) is 22.6 Å².